The van der Waals surface area contributed by atoms with Gasteiger partial charge >= 0.3 is 0 Å². The number of sulfonamides is 1. The van der Waals surface area contributed by atoms with Crippen LogP contribution < -0.4 is 4.31 Å². The minimum atomic E-state index is -3.64. The van der Waals surface area contributed by atoms with Gasteiger partial charge in [-0.15, -0.1) is 11.3 Å². The third-order valence-corrected chi connectivity index (χ3v) is 5.79. The number of rotatable bonds is 5. The molecule has 0 spiro atoms. The van der Waals surface area contributed by atoms with Gasteiger partial charge < -0.3 is 0 Å². The van der Waals surface area contributed by atoms with Crippen molar-refractivity contribution < 1.29 is 8.42 Å². The summed E-state index contributed by atoms with van der Waals surface area (Å²) in [5.74, 6) is 0. The normalized spacial score (nSPS) is 11.3. The zero-order valence-electron chi connectivity index (χ0n) is 11.7. The molecule has 0 radical (unpaired) electrons. The molecule has 0 N–H and O–H groups in total. The Morgan fingerprint density at radius 2 is 1.59 bits per heavy atom. The van der Waals surface area contributed by atoms with Crippen molar-refractivity contribution in [3.05, 3.63) is 77.8 Å². The van der Waals surface area contributed by atoms with Crippen LogP contribution in [0.2, 0.25) is 0 Å². The quantitative estimate of drug-likeness (QED) is 0.719. The smallest absolute Gasteiger partial charge is 0.237 e. The summed E-state index contributed by atoms with van der Waals surface area (Å²) in [7, 11) is -3.64. The van der Waals surface area contributed by atoms with Gasteiger partial charge in [-0.1, -0.05) is 48.5 Å². The third kappa shape index (κ3) is 3.03. The number of hydrogen-bond donors (Lipinski definition) is 0. The molecule has 0 saturated carbocycles. The van der Waals surface area contributed by atoms with Crippen LogP contribution in [0.15, 0.2) is 77.1 Å². The van der Waals surface area contributed by atoms with Crippen LogP contribution in [-0.2, 0) is 16.6 Å². The Bertz CT molecular complexity index is 817. The first-order valence-electron chi connectivity index (χ1n) is 6.69. The van der Waals surface area contributed by atoms with E-state index in [0.717, 1.165) is 5.56 Å². The van der Waals surface area contributed by atoms with Gasteiger partial charge in [0.1, 0.15) is 0 Å². The molecule has 22 heavy (non-hydrogen) atoms. The van der Waals surface area contributed by atoms with Crippen molar-refractivity contribution in [2.45, 2.75) is 11.4 Å². The summed E-state index contributed by atoms with van der Waals surface area (Å²) in [4.78, 5) is 4.43. The fraction of sp³-hybridized carbons (Fsp3) is 0.0625. The van der Waals surface area contributed by atoms with Crippen LogP contribution in [0.4, 0.5) is 5.13 Å². The molecular weight excluding hydrogens is 316 g/mol. The van der Waals surface area contributed by atoms with E-state index in [1.165, 1.54) is 15.6 Å². The topological polar surface area (TPSA) is 50.3 Å². The minimum absolute atomic E-state index is 0.256. The number of thiazole rings is 1. The Hall–Kier alpha value is -2.18. The summed E-state index contributed by atoms with van der Waals surface area (Å²) >= 11 is 1.31. The molecule has 0 fully saturated rings. The monoisotopic (exact) mass is 330 g/mol. The van der Waals surface area contributed by atoms with E-state index < -0.39 is 10.0 Å². The van der Waals surface area contributed by atoms with Crippen LogP contribution in [0, 0.1) is 0 Å². The van der Waals surface area contributed by atoms with Crippen LogP contribution in [0.25, 0.3) is 0 Å². The molecular formula is C16H14N2O2S2. The molecule has 0 saturated heterocycles. The van der Waals surface area contributed by atoms with Gasteiger partial charge in [0, 0.05) is 11.6 Å². The highest BCUT2D eigenvalue weighted by Gasteiger charge is 2.26. The Morgan fingerprint density at radius 3 is 2.18 bits per heavy atom. The Morgan fingerprint density at radius 1 is 0.955 bits per heavy atom. The van der Waals surface area contributed by atoms with E-state index in [0.29, 0.717) is 5.13 Å². The van der Waals surface area contributed by atoms with Gasteiger partial charge in [0.05, 0.1) is 11.4 Å². The van der Waals surface area contributed by atoms with Gasteiger partial charge in [0.25, 0.3) is 10.0 Å². The highest BCUT2D eigenvalue weighted by atomic mass is 32.2. The molecule has 3 rings (SSSR count). The van der Waals surface area contributed by atoms with E-state index >= 15 is 0 Å². The molecule has 1 aromatic heterocycles. The molecule has 0 aliphatic rings. The molecule has 0 atom stereocenters. The van der Waals surface area contributed by atoms with E-state index in [1.807, 2.05) is 30.3 Å². The second-order valence-corrected chi connectivity index (χ2v) is 7.36. The maximum absolute atomic E-state index is 12.9. The summed E-state index contributed by atoms with van der Waals surface area (Å²) in [6.07, 6.45) is 1.61. The SMILES string of the molecule is O=S(=O)(c1ccccc1)N(Cc1ccccc1)c1nccs1. The molecule has 0 bridgehead atoms. The standard InChI is InChI=1S/C16H14N2O2S2/c19-22(20,15-9-5-2-6-10-15)18(16-17-11-12-21-16)13-14-7-3-1-4-8-14/h1-12H,13H2. The lowest BCUT2D eigenvalue weighted by Crippen LogP contribution is -2.30. The Labute approximate surface area is 133 Å². The van der Waals surface area contributed by atoms with Gasteiger partial charge in [0.2, 0.25) is 0 Å². The molecule has 112 valence electrons. The molecule has 0 amide bonds. The summed E-state index contributed by atoms with van der Waals surface area (Å²) < 4.78 is 27.2. The largest absolute Gasteiger partial charge is 0.266 e. The van der Waals surface area contributed by atoms with Crippen molar-refractivity contribution >= 4 is 26.5 Å². The predicted octanol–water partition coefficient (Wildman–Crippen LogP) is 3.54. The van der Waals surface area contributed by atoms with E-state index in [-0.39, 0.29) is 11.4 Å². The van der Waals surface area contributed by atoms with Gasteiger partial charge in [-0.25, -0.2) is 17.7 Å². The number of benzene rings is 2. The molecule has 3 aromatic rings. The zero-order valence-corrected chi connectivity index (χ0v) is 13.3. The lowest BCUT2D eigenvalue weighted by Gasteiger charge is -2.21. The zero-order chi connectivity index (χ0) is 15.4. The van der Waals surface area contributed by atoms with Crippen molar-refractivity contribution in [1.29, 1.82) is 0 Å². The van der Waals surface area contributed by atoms with Crippen molar-refractivity contribution in [2.75, 3.05) is 4.31 Å². The van der Waals surface area contributed by atoms with E-state index in [1.54, 1.807) is 41.9 Å². The fourth-order valence-corrected chi connectivity index (χ4v) is 4.36. The molecule has 2 aromatic carbocycles. The van der Waals surface area contributed by atoms with E-state index in [4.69, 9.17) is 0 Å². The van der Waals surface area contributed by atoms with Crippen LogP contribution in [0.1, 0.15) is 5.56 Å². The van der Waals surface area contributed by atoms with Crippen molar-refractivity contribution in [1.82, 2.24) is 4.98 Å². The number of nitrogens with zero attached hydrogens (tertiary/aromatic N) is 2. The Balaban J connectivity index is 2.03. The van der Waals surface area contributed by atoms with E-state index in [9.17, 15) is 8.42 Å². The summed E-state index contributed by atoms with van der Waals surface area (Å²) in [5, 5.41) is 2.24. The van der Waals surface area contributed by atoms with Gasteiger partial charge in [-0.3, -0.25) is 0 Å². The van der Waals surface area contributed by atoms with Gasteiger partial charge in [0.15, 0.2) is 5.13 Å². The first kappa shape index (κ1) is 14.7. The molecule has 4 nitrogen and oxygen atoms in total. The van der Waals surface area contributed by atoms with Crippen LogP contribution >= 0.6 is 11.3 Å². The highest BCUT2D eigenvalue weighted by Crippen LogP contribution is 2.27. The lowest BCUT2D eigenvalue weighted by molar-refractivity contribution is 0.590. The van der Waals surface area contributed by atoms with Crippen LogP contribution in [0.5, 0.6) is 0 Å². The Kier molecular flexibility index (Phi) is 4.22. The minimum Gasteiger partial charge on any atom is -0.237 e. The molecule has 0 aliphatic heterocycles. The second-order valence-electron chi connectivity index (χ2n) is 4.63. The van der Waals surface area contributed by atoms with Gasteiger partial charge in [-0.2, -0.15) is 0 Å². The first-order chi connectivity index (χ1) is 10.7. The molecule has 0 aliphatic carbocycles. The average molecular weight is 330 g/mol. The third-order valence-electron chi connectivity index (χ3n) is 3.13. The fourth-order valence-electron chi connectivity index (χ4n) is 2.06. The maximum atomic E-state index is 12.9. The van der Waals surface area contributed by atoms with Crippen molar-refractivity contribution in [2.24, 2.45) is 0 Å². The molecule has 1 heterocycles. The summed E-state index contributed by atoms with van der Waals surface area (Å²) in [6.45, 7) is 0.256. The number of hydrogen-bond acceptors (Lipinski definition) is 4. The number of aromatic nitrogens is 1. The second kappa shape index (κ2) is 6.29. The maximum Gasteiger partial charge on any atom is 0.266 e. The average Bonchev–Trinajstić information content (AvgIpc) is 3.08. The summed E-state index contributed by atoms with van der Waals surface area (Å²) in [6, 6.07) is 17.9. The van der Waals surface area contributed by atoms with Crippen LogP contribution in [-0.4, -0.2) is 13.4 Å². The van der Waals surface area contributed by atoms with Gasteiger partial charge in [-0.05, 0) is 17.7 Å². The van der Waals surface area contributed by atoms with Crippen molar-refractivity contribution in [3.8, 4) is 0 Å². The number of anilines is 1. The first-order valence-corrected chi connectivity index (χ1v) is 9.01. The van der Waals surface area contributed by atoms with Crippen molar-refractivity contribution in [3.63, 3.8) is 0 Å². The highest BCUT2D eigenvalue weighted by molar-refractivity contribution is 7.93. The predicted molar refractivity (Wildman–Crippen MR) is 88.4 cm³/mol. The molecule has 6 heteroatoms. The summed E-state index contributed by atoms with van der Waals surface area (Å²) in [5.41, 5.74) is 0.914. The lowest BCUT2D eigenvalue weighted by atomic mass is 10.2. The van der Waals surface area contributed by atoms with E-state index in [2.05, 4.69) is 4.98 Å². The van der Waals surface area contributed by atoms with Crippen LogP contribution in [0.3, 0.4) is 0 Å². The molecule has 0 unspecified atom stereocenters.